The molecule has 0 unspecified atom stereocenters. The molecule has 10 aromatic rings. The Morgan fingerprint density at radius 3 is 2.20 bits per heavy atom. The maximum atomic E-state index is 9.58. The van der Waals surface area contributed by atoms with Gasteiger partial charge < -0.3 is 13.4 Å². The smallest absolute Gasteiger partial charge is 0.254 e. The number of hydrogen-bond acceptors (Lipinski definition) is 3. The molecule has 0 aliphatic carbocycles. The molecule has 5 heteroatoms. The molecule has 0 radical (unpaired) electrons. The zero-order chi connectivity index (χ0) is 35.9. The van der Waals surface area contributed by atoms with Crippen molar-refractivity contribution in [3.8, 4) is 11.8 Å². The van der Waals surface area contributed by atoms with Gasteiger partial charge in [0.1, 0.15) is 16.7 Å². The van der Waals surface area contributed by atoms with Crippen LogP contribution in [0.15, 0.2) is 167 Å². The van der Waals surface area contributed by atoms with Gasteiger partial charge in [0, 0.05) is 56.2 Å². The summed E-state index contributed by atoms with van der Waals surface area (Å²) in [5.74, 6) is 0. The van der Waals surface area contributed by atoms with E-state index in [9.17, 15) is 5.26 Å². The molecule has 3 aromatic heterocycles. The Morgan fingerprint density at radius 2 is 1.30 bits per heavy atom. The van der Waals surface area contributed by atoms with Gasteiger partial charge in [0.25, 0.3) is 5.69 Å². The van der Waals surface area contributed by atoms with Crippen LogP contribution in [-0.2, 0) is 0 Å². The summed E-state index contributed by atoms with van der Waals surface area (Å²) in [6, 6.07) is 52.8. The molecule has 7 aromatic carbocycles. The van der Waals surface area contributed by atoms with E-state index in [-0.39, 0.29) is 0 Å². The second-order valence-corrected chi connectivity index (χ2v) is 13.9. The maximum Gasteiger partial charge on any atom is 0.254 e. The van der Waals surface area contributed by atoms with Crippen molar-refractivity contribution in [3.63, 3.8) is 0 Å². The van der Waals surface area contributed by atoms with Gasteiger partial charge in [0.2, 0.25) is 11.3 Å². The van der Waals surface area contributed by atoms with Gasteiger partial charge in [-0.05, 0) is 103 Å². The van der Waals surface area contributed by atoms with Crippen molar-refractivity contribution in [1.82, 2.24) is 9.14 Å². The third-order valence-electron chi connectivity index (χ3n) is 10.9. The molecule has 11 rings (SSSR count). The number of furan rings is 2. The predicted molar refractivity (Wildman–Crippen MR) is 222 cm³/mol. The summed E-state index contributed by atoms with van der Waals surface area (Å²) >= 11 is 0. The maximum absolute atomic E-state index is 9.58. The zero-order valence-corrected chi connectivity index (χ0v) is 29.2. The van der Waals surface area contributed by atoms with Crippen LogP contribution in [0.25, 0.3) is 82.5 Å². The Hall–Kier alpha value is -7.42. The number of allylic oxidation sites excluding steroid dienone is 4. The summed E-state index contributed by atoms with van der Waals surface area (Å²) in [6.07, 6.45) is 6.52. The van der Waals surface area contributed by atoms with Crippen LogP contribution in [-0.4, -0.2) is 10.8 Å². The van der Waals surface area contributed by atoms with E-state index >= 15 is 0 Å². The lowest BCUT2D eigenvalue weighted by molar-refractivity contribution is 0.666. The number of benzene rings is 7. The van der Waals surface area contributed by atoms with Crippen molar-refractivity contribution in [2.24, 2.45) is 0 Å². The lowest BCUT2D eigenvalue weighted by Crippen LogP contribution is -2.09. The molecule has 4 heterocycles. The van der Waals surface area contributed by atoms with Crippen LogP contribution in [0.3, 0.4) is 0 Å². The number of para-hydroxylation sites is 4. The second-order valence-electron chi connectivity index (χ2n) is 13.9. The van der Waals surface area contributed by atoms with E-state index in [0.717, 1.165) is 83.1 Å². The van der Waals surface area contributed by atoms with Crippen LogP contribution in [0.4, 0.5) is 11.4 Å². The fraction of sp³-hybridized carbons (Fsp3) is 0.0204. The third kappa shape index (κ3) is 4.41. The van der Waals surface area contributed by atoms with Crippen LogP contribution in [0.2, 0.25) is 0 Å². The van der Waals surface area contributed by atoms with E-state index < -0.39 is 0 Å². The predicted octanol–water partition coefficient (Wildman–Crippen LogP) is 12.9. The Balaban J connectivity index is 1.07. The Labute approximate surface area is 309 Å². The van der Waals surface area contributed by atoms with Crippen molar-refractivity contribution >= 4 is 94.4 Å². The van der Waals surface area contributed by atoms with Crippen molar-refractivity contribution in [2.45, 2.75) is 6.92 Å². The van der Waals surface area contributed by atoms with Crippen LogP contribution in [0.5, 0.6) is 0 Å². The molecular formula is C49H30N3O2+. The number of hydrogen-bond donors (Lipinski definition) is 0. The summed E-state index contributed by atoms with van der Waals surface area (Å²) in [5, 5.41) is 16.1. The number of rotatable bonds is 3. The second kappa shape index (κ2) is 11.5. The van der Waals surface area contributed by atoms with Crippen molar-refractivity contribution in [3.05, 3.63) is 174 Å². The largest absolute Gasteiger partial charge is 0.456 e. The molecule has 0 fully saturated rings. The first kappa shape index (κ1) is 30.2. The van der Waals surface area contributed by atoms with Gasteiger partial charge in [-0.2, -0.15) is 9.84 Å². The van der Waals surface area contributed by atoms with E-state index in [1.165, 1.54) is 21.9 Å². The molecule has 1 aliphatic heterocycles. The van der Waals surface area contributed by atoms with E-state index in [2.05, 4.69) is 150 Å². The molecule has 54 heavy (non-hydrogen) atoms. The van der Waals surface area contributed by atoms with Gasteiger partial charge in [0.15, 0.2) is 6.21 Å². The molecule has 0 atom stereocenters. The number of aromatic nitrogens is 1. The average molecular weight is 693 g/mol. The number of nitrogens with zero attached hydrogens (tertiary/aromatic N) is 3. The fourth-order valence-corrected chi connectivity index (χ4v) is 8.41. The SMILES string of the molecule is C/C1=C(c2ccc3c(c2)c2ccccc2n3-c2ccc3oc4ccc(C#N)cc4c3c2)\C=C/C=[N+](c2cccc3c2oc2ccccc23)c2ccccc21. The molecule has 0 amide bonds. The summed E-state index contributed by atoms with van der Waals surface area (Å²) in [4.78, 5) is 0. The molecule has 252 valence electrons. The first-order valence-corrected chi connectivity index (χ1v) is 18.1. The summed E-state index contributed by atoms with van der Waals surface area (Å²) < 4.78 is 17.2. The van der Waals surface area contributed by atoms with Gasteiger partial charge in [0.05, 0.1) is 28.2 Å². The van der Waals surface area contributed by atoms with E-state index in [4.69, 9.17) is 8.83 Å². The highest BCUT2D eigenvalue weighted by Gasteiger charge is 2.26. The quantitative estimate of drug-likeness (QED) is 0.173. The number of nitriles is 1. The summed E-state index contributed by atoms with van der Waals surface area (Å²) in [5.41, 5.74) is 14.0. The molecule has 0 spiro atoms. The normalized spacial score (nSPS) is 15.1. The lowest BCUT2D eigenvalue weighted by atomic mass is 9.92. The molecule has 1 aliphatic rings. The van der Waals surface area contributed by atoms with Crippen LogP contribution < -0.4 is 4.58 Å². The topological polar surface area (TPSA) is 58.0 Å². The van der Waals surface area contributed by atoms with Crippen molar-refractivity contribution in [2.75, 3.05) is 0 Å². The van der Waals surface area contributed by atoms with Crippen molar-refractivity contribution in [1.29, 1.82) is 5.26 Å². The highest BCUT2D eigenvalue weighted by Crippen LogP contribution is 2.42. The third-order valence-corrected chi connectivity index (χ3v) is 10.9. The molecule has 5 nitrogen and oxygen atoms in total. The van der Waals surface area contributed by atoms with Gasteiger partial charge in [-0.3, -0.25) is 0 Å². The van der Waals surface area contributed by atoms with Gasteiger partial charge in [-0.1, -0.05) is 60.7 Å². The minimum Gasteiger partial charge on any atom is -0.456 e. The molecule has 0 saturated heterocycles. The summed E-state index contributed by atoms with van der Waals surface area (Å²) in [6.45, 7) is 2.22. The lowest BCUT2D eigenvalue weighted by Gasteiger charge is -2.15. The standard InChI is InChI=1S/C49H30N3O2/c1-30-34(14-9-25-51(42-15-5-2-10-35(30)42)45-17-8-13-38-37-12-4-7-18-46(37)54-49(38)45)32-20-22-44-39(27-32)36-11-3-6-16-43(36)52(44)33-21-24-48-41(28-33)40-26-31(29-50)19-23-47(40)53-48/h2-28H,1H3/q+1/b14-9-,25-9?,34-14?,34-30-,35-30?,51-25?,51-42?. The number of fused-ring (bicyclic) bond motifs is 10. The molecule has 0 saturated carbocycles. The van der Waals surface area contributed by atoms with Crippen LogP contribution in [0.1, 0.15) is 23.6 Å². The van der Waals surface area contributed by atoms with E-state index in [1.807, 2.05) is 30.3 Å². The van der Waals surface area contributed by atoms with E-state index in [0.29, 0.717) is 5.56 Å². The Morgan fingerprint density at radius 1 is 0.574 bits per heavy atom. The molecular weight excluding hydrogens is 663 g/mol. The highest BCUT2D eigenvalue weighted by molar-refractivity contribution is 6.13. The first-order valence-electron chi connectivity index (χ1n) is 18.1. The van der Waals surface area contributed by atoms with Gasteiger partial charge in [-0.15, -0.1) is 0 Å². The highest BCUT2D eigenvalue weighted by atomic mass is 16.3. The monoisotopic (exact) mass is 692 g/mol. The first-order chi connectivity index (χ1) is 26.6. The molecule has 0 bridgehead atoms. The van der Waals surface area contributed by atoms with Crippen LogP contribution >= 0.6 is 0 Å². The van der Waals surface area contributed by atoms with E-state index in [1.54, 1.807) is 6.07 Å². The van der Waals surface area contributed by atoms with Crippen molar-refractivity contribution < 1.29 is 8.83 Å². The molecule has 0 N–H and O–H groups in total. The zero-order valence-electron chi connectivity index (χ0n) is 29.2. The minimum atomic E-state index is 0.615. The van der Waals surface area contributed by atoms with Gasteiger partial charge >= 0.3 is 0 Å². The fourth-order valence-electron chi connectivity index (χ4n) is 8.41. The van der Waals surface area contributed by atoms with Crippen LogP contribution in [0, 0.1) is 11.3 Å². The van der Waals surface area contributed by atoms with Gasteiger partial charge in [-0.25, -0.2) is 0 Å². The summed E-state index contributed by atoms with van der Waals surface area (Å²) in [7, 11) is 0. The minimum absolute atomic E-state index is 0.615. The average Bonchev–Trinajstić information content (AvgIpc) is 3.89. The Kier molecular flexibility index (Phi) is 6.46. The Bertz CT molecular complexity index is 3360.